The van der Waals surface area contributed by atoms with Gasteiger partial charge in [-0.15, -0.1) is 5.10 Å². The first-order valence-electron chi connectivity index (χ1n) is 6.18. The lowest BCUT2D eigenvalue weighted by molar-refractivity contribution is 0.0512. The molecule has 0 aliphatic carbocycles. The van der Waals surface area contributed by atoms with Crippen LogP contribution in [0.1, 0.15) is 28.7 Å². The van der Waals surface area contributed by atoms with Gasteiger partial charge >= 0.3 is 5.97 Å². The topological polar surface area (TPSA) is 57.0 Å². The summed E-state index contributed by atoms with van der Waals surface area (Å²) in [4.78, 5) is 15.8. The van der Waals surface area contributed by atoms with Gasteiger partial charge < -0.3 is 4.74 Å². The number of nitrogens with zero attached hydrogens (tertiary/aromatic N) is 3. The molecule has 1 aromatic heterocycles. The van der Waals surface area contributed by atoms with Crippen LogP contribution >= 0.6 is 0 Å². The maximum atomic E-state index is 11.6. The normalized spacial score (nSPS) is 10.5. The molecule has 0 spiro atoms. The molecule has 1 heterocycles. The van der Waals surface area contributed by atoms with Crippen LogP contribution in [0.15, 0.2) is 18.2 Å². The number of aromatic nitrogens is 3. The average molecular weight is 259 g/mol. The van der Waals surface area contributed by atoms with E-state index in [1.54, 1.807) is 18.7 Å². The zero-order chi connectivity index (χ0) is 14.0. The minimum absolute atomic E-state index is 0.0950. The van der Waals surface area contributed by atoms with E-state index in [1.165, 1.54) is 11.1 Å². The molecule has 0 atom stereocenters. The predicted molar refractivity (Wildman–Crippen MR) is 71.9 cm³/mol. The third-order valence-corrected chi connectivity index (χ3v) is 2.99. The van der Waals surface area contributed by atoms with Gasteiger partial charge in [0.1, 0.15) is 0 Å². The van der Waals surface area contributed by atoms with Gasteiger partial charge in [-0.3, -0.25) is 0 Å². The highest BCUT2D eigenvalue weighted by molar-refractivity contribution is 5.85. The first-order chi connectivity index (χ1) is 9.02. The third kappa shape index (κ3) is 2.65. The molecule has 2 rings (SSSR count). The molecule has 19 heavy (non-hydrogen) atoms. The number of esters is 1. The molecule has 0 amide bonds. The molecule has 0 fully saturated rings. The summed E-state index contributed by atoms with van der Waals surface area (Å²) in [6.45, 7) is 6.17. The maximum absolute atomic E-state index is 11.6. The summed E-state index contributed by atoms with van der Waals surface area (Å²) >= 11 is 0. The molecule has 0 N–H and O–H groups in total. The van der Waals surface area contributed by atoms with E-state index < -0.39 is 5.97 Å². The van der Waals surface area contributed by atoms with Gasteiger partial charge in [0.15, 0.2) is 5.82 Å². The molecule has 0 unspecified atom stereocenters. The number of carbonyl (C=O) groups is 1. The van der Waals surface area contributed by atoms with E-state index in [2.05, 4.69) is 17.0 Å². The number of carbonyl (C=O) groups excluding carboxylic acids is 1. The lowest BCUT2D eigenvalue weighted by atomic mass is 10.1. The van der Waals surface area contributed by atoms with Crippen molar-refractivity contribution in [3.8, 4) is 11.4 Å². The smallest absolute Gasteiger partial charge is 0.378 e. The minimum atomic E-state index is -0.492. The second-order valence-electron chi connectivity index (χ2n) is 4.40. The van der Waals surface area contributed by atoms with Crippen LogP contribution < -0.4 is 0 Å². The molecule has 0 saturated carbocycles. The van der Waals surface area contributed by atoms with Gasteiger partial charge in [0, 0.05) is 12.6 Å². The Labute approximate surface area is 112 Å². The summed E-state index contributed by atoms with van der Waals surface area (Å²) < 4.78 is 6.49. The van der Waals surface area contributed by atoms with E-state index in [1.807, 2.05) is 25.1 Å². The fourth-order valence-corrected chi connectivity index (χ4v) is 1.80. The molecule has 5 nitrogen and oxygen atoms in total. The predicted octanol–water partition coefficient (Wildman–Crippen LogP) is 2.28. The van der Waals surface area contributed by atoms with Gasteiger partial charge in [0.2, 0.25) is 0 Å². The lowest BCUT2D eigenvalue weighted by Gasteiger charge is -2.03. The van der Waals surface area contributed by atoms with E-state index >= 15 is 0 Å². The zero-order valence-corrected chi connectivity index (χ0v) is 11.6. The fraction of sp³-hybridized carbons (Fsp3) is 0.357. The quantitative estimate of drug-likeness (QED) is 0.793. The zero-order valence-electron chi connectivity index (χ0n) is 11.6. The van der Waals surface area contributed by atoms with E-state index in [0.717, 1.165) is 5.56 Å². The molecule has 5 heteroatoms. The van der Waals surface area contributed by atoms with Crippen LogP contribution in [0.3, 0.4) is 0 Å². The number of ether oxygens (including phenoxy) is 1. The fourth-order valence-electron chi connectivity index (χ4n) is 1.80. The van der Waals surface area contributed by atoms with Crippen molar-refractivity contribution in [2.45, 2.75) is 20.8 Å². The Hall–Kier alpha value is -2.17. The third-order valence-electron chi connectivity index (χ3n) is 2.99. The summed E-state index contributed by atoms with van der Waals surface area (Å²) in [6, 6.07) is 6.04. The Morgan fingerprint density at radius 3 is 2.68 bits per heavy atom. The van der Waals surface area contributed by atoms with Crippen LogP contribution in [0, 0.1) is 13.8 Å². The SMILES string of the molecule is CCOC(=O)c1nc(-c2ccc(C)c(C)c2)n(C)n1. The highest BCUT2D eigenvalue weighted by atomic mass is 16.5. The number of rotatable bonds is 3. The van der Waals surface area contributed by atoms with Crippen molar-refractivity contribution in [3.63, 3.8) is 0 Å². The van der Waals surface area contributed by atoms with E-state index in [-0.39, 0.29) is 5.82 Å². The minimum Gasteiger partial charge on any atom is -0.460 e. The van der Waals surface area contributed by atoms with E-state index in [4.69, 9.17) is 4.74 Å². The second-order valence-corrected chi connectivity index (χ2v) is 4.40. The monoisotopic (exact) mass is 259 g/mol. The van der Waals surface area contributed by atoms with Gasteiger partial charge in [-0.05, 0) is 38.0 Å². The maximum Gasteiger partial charge on any atom is 0.378 e. The summed E-state index contributed by atoms with van der Waals surface area (Å²) in [5.41, 5.74) is 3.34. The van der Waals surface area contributed by atoms with Crippen LogP contribution in [-0.4, -0.2) is 27.3 Å². The van der Waals surface area contributed by atoms with Crippen molar-refractivity contribution in [2.24, 2.45) is 7.05 Å². The summed E-state index contributed by atoms with van der Waals surface area (Å²) in [6.07, 6.45) is 0. The lowest BCUT2D eigenvalue weighted by Crippen LogP contribution is -2.07. The Bertz CT molecular complexity index is 617. The van der Waals surface area contributed by atoms with Crippen molar-refractivity contribution < 1.29 is 9.53 Å². The van der Waals surface area contributed by atoms with Crippen molar-refractivity contribution in [2.75, 3.05) is 6.61 Å². The van der Waals surface area contributed by atoms with E-state index in [9.17, 15) is 4.79 Å². The molecule has 100 valence electrons. The van der Waals surface area contributed by atoms with Crippen molar-refractivity contribution in [3.05, 3.63) is 35.2 Å². The van der Waals surface area contributed by atoms with Gasteiger partial charge in [-0.25, -0.2) is 14.5 Å². The van der Waals surface area contributed by atoms with Gasteiger partial charge in [0.05, 0.1) is 6.61 Å². The highest BCUT2D eigenvalue weighted by Crippen LogP contribution is 2.20. The molecule has 2 aromatic rings. The standard InChI is InChI=1S/C14H17N3O2/c1-5-19-14(18)12-15-13(17(4)16-12)11-7-6-9(2)10(3)8-11/h6-8H,5H2,1-4H3. The summed E-state index contributed by atoms with van der Waals surface area (Å²) in [7, 11) is 1.76. The number of hydrogen-bond acceptors (Lipinski definition) is 4. The molecular formula is C14H17N3O2. The second kappa shape index (κ2) is 5.22. The first-order valence-corrected chi connectivity index (χ1v) is 6.18. The number of aryl methyl sites for hydroxylation is 3. The van der Waals surface area contributed by atoms with Gasteiger partial charge in [-0.2, -0.15) is 0 Å². The van der Waals surface area contributed by atoms with Crippen LogP contribution in [0.5, 0.6) is 0 Å². The highest BCUT2D eigenvalue weighted by Gasteiger charge is 2.16. The molecule has 0 aliphatic heterocycles. The summed E-state index contributed by atoms with van der Waals surface area (Å²) in [5.74, 6) is 0.261. The Balaban J connectivity index is 2.40. The van der Waals surface area contributed by atoms with Crippen molar-refractivity contribution in [1.82, 2.24) is 14.8 Å². The Morgan fingerprint density at radius 1 is 1.32 bits per heavy atom. The van der Waals surface area contributed by atoms with Crippen LogP contribution in [0.2, 0.25) is 0 Å². The Morgan fingerprint density at radius 2 is 2.05 bits per heavy atom. The molecule has 0 aliphatic rings. The van der Waals surface area contributed by atoms with Crippen molar-refractivity contribution >= 4 is 5.97 Å². The van der Waals surface area contributed by atoms with E-state index in [0.29, 0.717) is 12.4 Å². The van der Waals surface area contributed by atoms with Crippen LogP contribution in [0.25, 0.3) is 11.4 Å². The molecule has 0 bridgehead atoms. The van der Waals surface area contributed by atoms with Gasteiger partial charge in [-0.1, -0.05) is 12.1 Å². The molecule has 1 aromatic carbocycles. The van der Waals surface area contributed by atoms with Crippen molar-refractivity contribution in [1.29, 1.82) is 0 Å². The molecule has 0 radical (unpaired) electrons. The Kier molecular flexibility index (Phi) is 3.64. The largest absolute Gasteiger partial charge is 0.460 e. The first kappa shape index (κ1) is 13.3. The molecular weight excluding hydrogens is 242 g/mol. The number of hydrogen-bond donors (Lipinski definition) is 0. The molecule has 0 saturated heterocycles. The number of benzene rings is 1. The van der Waals surface area contributed by atoms with Crippen LogP contribution in [0.4, 0.5) is 0 Å². The van der Waals surface area contributed by atoms with Gasteiger partial charge in [0.25, 0.3) is 5.82 Å². The van der Waals surface area contributed by atoms with Crippen LogP contribution in [-0.2, 0) is 11.8 Å². The summed E-state index contributed by atoms with van der Waals surface area (Å²) in [5, 5.41) is 4.09. The average Bonchev–Trinajstić information content (AvgIpc) is 2.75.